The Hall–Kier alpha value is -2.48. The predicted octanol–water partition coefficient (Wildman–Crippen LogP) is -0.189. The minimum Gasteiger partial charge on any atom is -0.353 e. The van der Waals surface area contributed by atoms with E-state index in [0.29, 0.717) is 5.69 Å². The van der Waals surface area contributed by atoms with Crippen molar-refractivity contribution in [2.45, 2.75) is 13.0 Å². The number of halogens is 1. The number of amides is 3. The Labute approximate surface area is 120 Å². The molecule has 0 radical (unpaired) electrons. The van der Waals surface area contributed by atoms with Crippen molar-refractivity contribution in [3.63, 3.8) is 0 Å². The number of nitrogens with one attached hydrogen (secondary N) is 4. The largest absolute Gasteiger partial charge is 0.353 e. The molecule has 1 unspecified atom stereocenters. The van der Waals surface area contributed by atoms with E-state index >= 15 is 0 Å². The first-order chi connectivity index (χ1) is 9.95. The van der Waals surface area contributed by atoms with Crippen LogP contribution in [0.5, 0.6) is 0 Å². The maximum absolute atomic E-state index is 13.7. The first-order valence-electron chi connectivity index (χ1n) is 6.34. The molecule has 0 saturated carbocycles. The molecular weight excluding hydrogens is 279 g/mol. The number of rotatable bonds is 3. The van der Waals surface area contributed by atoms with Crippen LogP contribution in [0.25, 0.3) is 0 Å². The molecule has 1 aliphatic heterocycles. The van der Waals surface area contributed by atoms with Crippen LogP contribution in [0.1, 0.15) is 6.92 Å². The second-order valence-corrected chi connectivity index (χ2v) is 4.60. The molecule has 112 valence electrons. The average Bonchev–Trinajstić information content (AvgIpc) is 2.42. The highest BCUT2D eigenvalue weighted by molar-refractivity contribution is 5.97. The minimum atomic E-state index is -0.633. The van der Waals surface area contributed by atoms with E-state index in [1.54, 1.807) is 0 Å². The van der Waals surface area contributed by atoms with Crippen molar-refractivity contribution in [2.24, 2.45) is 0 Å². The quantitative estimate of drug-likeness (QED) is 0.621. The molecule has 8 heteroatoms. The van der Waals surface area contributed by atoms with Gasteiger partial charge in [-0.25, -0.2) is 4.39 Å². The van der Waals surface area contributed by atoms with Crippen LogP contribution in [-0.4, -0.2) is 36.9 Å². The summed E-state index contributed by atoms with van der Waals surface area (Å²) < 4.78 is 13.7. The molecule has 0 aromatic heterocycles. The van der Waals surface area contributed by atoms with Gasteiger partial charge >= 0.3 is 0 Å². The zero-order valence-electron chi connectivity index (χ0n) is 11.3. The minimum absolute atomic E-state index is 0.0342. The van der Waals surface area contributed by atoms with Crippen LogP contribution in [0.3, 0.4) is 0 Å². The fourth-order valence-corrected chi connectivity index (χ4v) is 1.87. The van der Waals surface area contributed by atoms with E-state index in [-0.39, 0.29) is 30.6 Å². The summed E-state index contributed by atoms with van der Waals surface area (Å²) >= 11 is 0. The standard InChI is InChI=1S/C13H15FN4O3/c1-7(19)17-8-2-3-9(14)10(4-8)18-13(21)11-5-16-12(20)6-15-11/h2-4,11,15H,5-6H2,1H3,(H,16,20)(H,17,19)(H,18,21). The van der Waals surface area contributed by atoms with Crippen LogP contribution >= 0.6 is 0 Å². The Kier molecular flexibility index (Phi) is 4.49. The summed E-state index contributed by atoms with van der Waals surface area (Å²) in [7, 11) is 0. The molecule has 3 amide bonds. The van der Waals surface area contributed by atoms with Crippen LogP contribution in [0, 0.1) is 5.82 Å². The number of carbonyl (C=O) groups is 3. The third kappa shape index (κ3) is 3.99. The Morgan fingerprint density at radius 1 is 1.33 bits per heavy atom. The molecular formula is C13H15FN4O3. The SMILES string of the molecule is CC(=O)Nc1ccc(F)c(NC(=O)C2CNC(=O)CN2)c1. The van der Waals surface area contributed by atoms with E-state index in [1.165, 1.54) is 19.1 Å². The Balaban J connectivity index is 2.05. The van der Waals surface area contributed by atoms with E-state index in [9.17, 15) is 18.8 Å². The van der Waals surface area contributed by atoms with Gasteiger partial charge in [-0.05, 0) is 18.2 Å². The third-order valence-electron chi connectivity index (χ3n) is 2.87. The number of carbonyl (C=O) groups excluding carboxylic acids is 3. The summed E-state index contributed by atoms with van der Waals surface area (Å²) in [6.07, 6.45) is 0. The lowest BCUT2D eigenvalue weighted by Gasteiger charge is -2.23. The van der Waals surface area contributed by atoms with Crippen molar-refractivity contribution in [1.82, 2.24) is 10.6 Å². The predicted molar refractivity (Wildman–Crippen MR) is 74.1 cm³/mol. The summed E-state index contributed by atoms with van der Waals surface area (Å²) in [6.45, 7) is 1.50. The normalized spacial score (nSPS) is 17.8. The number of piperazine rings is 1. The topological polar surface area (TPSA) is 99.3 Å². The van der Waals surface area contributed by atoms with Gasteiger partial charge in [-0.2, -0.15) is 0 Å². The van der Waals surface area contributed by atoms with Crippen molar-refractivity contribution >= 4 is 29.1 Å². The van der Waals surface area contributed by atoms with Crippen molar-refractivity contribution < 1.29 is 18.8 Å². The number of benzene rings is 1. The highest BCUT2D eigenvalue weighted by atomic mass is 19.1. The molecule has 2 rings (SSSR count). The zero-order chi connectivity index (χ0) is 15.4. The molecule has 1 aromatic rings. The molecule has 0 spiro atoms. The highest BCUT2D eigenvalue weighted by Crippen LogP contribution is 2.19. The molecule has 1 atom stereocenters. The number of anilines is 2. The lowest BCUT2D eigenvalue weighted by atomic mass is 10.2. The van der Waals surface area contributed by atoms with Crippen LogP contribution in [0.2, 0.25) is 0 Å². The maximum atomic E-state index is 13.7. The molecule has 1 aromatic carbocycles. The average molecular weight is 294 g/mol. The maximum Gasteiger partial charge on any atom is 0.243 e. The molecule has 0 aliphatic carbocycles. The Morgan fingerprint density at radius 2 is 2.10 bits per heavy atom. The fourth-order valence-electron chi connectivity index (χ4n) is 1.87. The summed E-state index contributed by atoms with van der Waals surface area (Å²) in [5.74, 6) is -1.57. The first-order valence-corrected chi connectivity index (χ1v) is 6.34. The molecule has 1 fully saturated rings. The van der Waals surface area contributed by atoms with Gasteiger partial charge in [-0.1, -0.05) is 0 Å². The first kappa shape index (κ1) is 14.9. The van der Waals surface area contributed by atoms with Crippen molar-refractivity contribution in [3.8, 4) is 0 Å². The molecule has 7 nitrogen and oxygen atoms in total. The fraction of sp³-hybridized carbons (Fsp3) is 0.308. The smallest absolute Gasteiger partial charge is 0.243 e. The number of hydrogen-bond donors (Lipinski definition) is 4. The van der Waals surface area contributed by atoms with Crippen LogP contribution < -0.4 is 21.3 Å². The molecule has 1 aliphatic rings. The van der Waals surface area contributed by atoms with Gasteiger partial charge in [0.2, 0.25) is 17.7 Å². The number of hydrogen-bond acceptors (Lipinski definition) is 4. The second kappa shape index (κ2) is 6.31. The van der Waals surface area contributed by atoms with E-state index in [0.717, 1.165) is 6.07 Å². The van der Waals surface area contributed by atoms with E-state index in [4.69, 9.17) is 0 Å². The lowest BCUT2D eigenvalue weighted by molar-refractivity contribution is -0.124. The van der Waals surface area contributed by atoms with Gasteiger partial charge in [0.15, 0.2) is 0 Å². The summed E-state index contributed by atoms with van der Waals surface area (Å²) in [5.41, 5.74) is 0.342. The van der Waals surface area contributed by atoms with Gasteiger partial charge in [-0.15, -0.1) is 0 Å². The van der Waals surface area contributed by atoms with Crippen molar-refractivity contribution in [1.29, 1.82) is 0 Å². The zero-order valence-corrected chi connectivity index (χ0v) is 11.3. The summed E-state index contributed by atoms with van der Waals surface area (Å²) in [6, 6.07) is 3.24. The Morgan fingerprint density at radius 3 is 2.71 bits per heavy atom. The third-order valence-corrected chi connectivity index (χ3v) is 2.87. The van der Waals surface area contributed by atoms with Crippen LogP contribution in [0.4, 0.5) is 15.8 Å². The van der Waals surface area contributed by atoms with E-state index in [2.05, 4.69) is 21.3 Å². The van der Waals surface area contributed by atoms with Gasteiger partial charge in [0.05, 0.1) is 12.2 Å². The van der Waals surface area contributed by atoms with Gasteiger partial charge in [0.1, 0.15) is 11.9 Å². The van der Waals surface area contributed by atoms with E-state index < -0.39 is 17.8 Å². The molecule has 1 heterocycles. The highest BCUT2D eigenvalue weighted by Gasteiger charge is 2.24. The summed E-state index contributed by atoms with van der Waals surface area (Å²) in [4.78, 5) is 33.9. The van der Waals surface area contributed by atoms with Crippen LogP contribution in [-0.2, 0) is 14.4 Å². The Bertz CT molecular complexity index is 581. The van der Waals surface area contributed by atoms with Gasteiger partial charge in [0.25, 0.3) is 0 Å². The van der Waals surface area contributed by atoms with Crippen LogP contribution in [0.15, 0.2) is 18.2 Å². The molecule has 4 N–H and O–H groups in total. The van der Waals surface area contributed by atoms with Gasteiger partial charge < -0.3 is 16.0 Å². The lowest BCUT2D eigenvalue weighted by Crippen LogP contribution is -2.56. The van der Waals surface area contributed by atoms with Gasteiger partial charge in [-0.3, -0.25) is 19.7 Å². The monoisotopic (exact) mass is 294 g/mol. The van der Waals surface area contributed by atoms with Crippen molar-refractivity contribution in [3.05, 3.63) is 24.0 Å². The van der Waals surface area contributed by atoms with E-state index in [1.807, 2.05) is 0 Å². The molecule has 0 bridgehead atoms. The summed E-state index contributed by atoms with van der Waals surface area (Å²) in [5, 5.41) is 10.2. The van der Waals surface area contributed by atoms with Gasteiger partial charge in [0, 0.05) is 19.2 Å². The molecule has 21 heavy (non-hydrogen) atoms. The second-order valence-electron chi connectivity index (χ2n) is 4.60. The molecule has 1 saturated heterocycles. The van der Waals surface area contributed by atoms with Crippen molar-refractivity contribution in [2.75, 3.05) is 23.7 Å².